The average Bonchev–Trinajstić information content (AvgIpc) is 3.28. The van der Waals surface area contributed by atoms with Crippen molar-refractivity contribution in [1.82, 2.24) is 4.90 Å². The van der Waals surface area contributed by atoms with Crippen LogP contribution in [0.25, 0.3) is 6.08 Å². The second kappa shape index (κ2) is 5.90. The fourth-order valence-electron chi connectivity index (χ4n) is 2.12. The summed E-state index contributed by atoms with van der Waals surface area (Å²) in [4.78, 5) is 24.5. The number of aromatic carboxylic acids is 1. The first kappa shape index (κ1) is 14.3. The summed E-state index contributed by atoms with van der Waals surface area (Å²) in [7, 11) is 1.82. The van der Waals surface area contributed by atoms with Crippen molar-refractivity contribution in [3.63, 3.8) is 0 Å². The molecule has 1 aromatic carbocycles. The van der Waals surface area contributed by atoms with Crippen LogP contribution in [0.4, 0.5) is 0 Å². The van der Waals surface area contributed by atoms with Crippen molar-refractivity contribution in [2.24, 2.45) is 5.92 Å². The maximum absolute atomic E-state index is 12.0. The molecule has 1 amide bonds. The van der Waals surface area contributed by atoms with Crippen molar-refractivity contribution in [2.45, 2.75) is 25.8 Å². The number of nitrogens with zero attached hydrogens (tertiary/aromatic N) is 1. The number of benzene rings is 1. The predicted molar refractivity (Wildman–Crippen MR) is 77.4 cm³/mol. The maximum atomic E-state index is 12.0. The van der Waals surface area contributed by atoms with E-state index >= 15 is 0 Å². The van der Waals surface area contributed by atoms with Gasteiger partial charge in [-0.1, -0.05) is 12.1 Å². The van der Waals surface area contributed by atoms with Gasteiger partial charge in [0.2, 0.25) is 5.91 Å². The minimum atomic E-state index is -0.949. The number of rotatable bonds is 5. The number of hydrogen-bond donors (Lipinski definition) is 1. The normalized spacial score (nSPS) is 16.1. The molecule has 1 aromatic rings. The minimum Gasteiger partial charge on any atom is -0.478 e. The number of carbonyl (C=O) groups is 2. The maximum Gasteiger partial charge on any atom is 0.335 e. The highest BCUT2D eigenvalue weighted by atomic mass is 16.4. The zero-order chi connectivity index (χ0) is 14.7. The smallest absolute Gasteiger partial charge is 0.335 e. The Hall–Kier alpha value is -2.10. The van der Waals surface area contributed by atoms with Gasteiger partial charge in [0.15, 0.2) is 0 Å². The lowest BCUT2D eigenvalue weighted by Crippen LogP contribution is -2.35. The van der Waals surface area contributed by atoms with Gasteiger partial charge in [0.05, 0.1) is 5.56 Å². The Labute approximate surface area is 118 Å². The van der Waals surface area contributed by atoms with Crippen LogP contribution >= 0.6 is 0 Å². The van der Waals surface area contributed by atoms with Crippen LogP contribution in [0.15, 0.2) is 30.3 Å². The van der Waals surface area contributed by atoms with Gasteiger partial charge in [-0.15, -0.1) is 0 Å². The van der Waals surface area contributed by atoms with Gasteiger partial charge in [-0.05, 0) is 49.5 Å². The van der Waals surface area contributed by atoms with Gasteiger partial charge in [-0.25, -0.2) is 4.79 Å². The number of carboxylic acids is 1. The van der Waals surface area contributed by atoms with Crippen molar-refractivity contribution in [1.29, 1.82) is 0 Å². The number of carboxylic acid groups (broad SMARTS) is 1. The molecular formula is C16H19NO3. The molecule has 1 fully saturated rings. The summed E-state index contributed by atoms with van der Waals surface area (Å²) in [5.41, 5.74) is 1.06. The number of likely N-dealkylation sites (N-methyl/N-ethyl adjacent to an activating group) is 1. The molecular weight excluding hydrogens is 254 g/mol. The van der Waals surface area contributed by atoms with Crippen molar-refractivity contribution in [3.8, 4) is 0 Å². The van der Waals surface area contributed by atoms with Crippen LogP contribution in [0.3, 0.4) is 0 Å². The summed E-state index contributed by atoms with van der Waals surface area (Å²) in [5.74, 6) is -0.325. The third-order valence-electron chi connectivity index (χ3n) is 3.84. The number of hydrogen-bond acceptors (Lipinski definition) is 2. The van der Waals surface area contributed by atoms with Crippen LogP contribution in [0, 0.1) is 5.92 Å². The van der Waals surface area contributed by atoms with Crippen LogP contribution in [0.2, 0.25) is 0 Å². The Bertz CT molecular complexity index is 529. The molecule has 1 saturated carbocycles. The summed E-state index contributed by atoms with van der Waals surface area (Å²) in [6.45, 7) is 2.07. The van der Waals surface area contributed by atoms with Crippen molar-refractivity contribution in [2.75, 3.05) is 7.05 Å². The SMILES string of the molecule is CC(C1CC1)N(C)C(=O)/C=C/c1ccc(C(=O)O)cc1. The van der Waals surface area contributed by atoms with Crippen molar-refractivity contribution in [3.05, 3.63) is 41.5 Å². The number of amides is 1. The second-order valence-electron chi connectivity index (χ2n) is 5.29. The quantitative estimate of drug-likeness (QED) is 0.839. The van der Waals surface area contributed by atoms with Crippen molar-refractivity contribution < 1.29 is 14.7 Å². The highest BCUT2D eigenvalue weighted by Crippen LogP contribution is 2.34. The lowest BCUT2D eigenvalue weighted by Gasteiger charge is -2.23. The summed E-state index contributed by atoms with van der Waals surface area (Å²) in [5, 5.41) is 8.81. The zero-order valence-corrected chi connectivity index (χ0v) is 11.7. The van der Waals surface area contributed by atoms with Gasteiger partial charge >= 0.3 is 5.97 Å². The van der Waals surface area contributed by atoms with E-state index in [1.54, 1.807) is 23.1 Å². The summed E-state index contributed by atoms with van der Waals surface area (Å²) < 4.78 is 0. The predicted octanol–water partition coefficient (Wildman–Crippen LogP) is 2.65. The van der Waals surface area contributed by atoms with Gasteiger partial charge in [0.1, 0.15) is 0 Å². The van der Waals surface area contributed by atoms with E-state index in [-0.39, 0.29) is 17.5 Å². The molecule has 0 heterocycles. The molecule has 1 aliphatic carbocycles. The molecule has 20 heavy (non-hydrogen) atoms. The van der Waals surface area contributed by atoms with E-state index in [9.17, 15) is 9.59 Å². The van der Waals surface area contributed by atoms with E-state index in [4.69, 9.17) is 5.11 Å². The lowest BCUT2D eigenvalue weighted by atomic mass is 10.1. The minimum absolute atomic E-state index is 0.0216. The highest BCUT2D eigenvalue weighted by molar-refractivity contribution is 5.92. The summed E-state index contributed by atoms with van der Waals surface area (Å²) in [6.07, 6.45) is 5.66. The number of carbonyl (C=O) groups excluding carboxylic acids is 1. The Kier molecular flexibility index (Phi) is 4.23. The molecule has 106 valence electrons. The van der Waals surface area contributed by atoms with E-state index in [2.05, 4.69) is 6.92 Å². The lowest BCUT2D eigenvalue weighted by molar-refractivity contribution is -0.126. The Morgan fingerprint density at radius 3 is 2.40 bits per heavy atom. The first-order valence-corrected chi connectivity index (χ1v) is 6.77. The van der Waals surface area contributed by atoms with Crippen LogP contribution in [0.1, 0.15) is 35.7 Å². The Morgan fingerprint density at radius 1 is 1.30 bits per heavy atom. The molecule has 0 aromatic heterocycles. The molecule has 0 bridgehead atoms. The van der Waals surface area contributed by atoms with Crippen LogP contribution in [-0.4, -0.2) is 35.0 Å². The van der Waals surface area contributed by atoms with E-state index in [0.29, 0.717) is 5.92 Å². The van der Waals surface area contributed by atoms with Crippen molar-refractivity contribution >= 4 is 18.0 Å². The molecule has 4 nitrogen and oxygen atoms in total. The fraction of sp³-hybridized carbons (Fsp3) is 0.375. The Balaban J connectivity index is 1.97. The molecule has 4 heteroatoms. The first-order valence-electron chi connectivity index (χ1n) is 6.77. The van der Waals surface area contributed by atoms with Crippen LogP contribution < -0.4 is 0 Å². The van der Waals surface area contributed by atoms with Gasteiger partial charge in [0.25, 0.3) is 0 Å². The molecule has 2 rings (SSSR count). The molecule has 0 aliphatic heterocycles. The molecule has 1 aliphatic rings. The third kappa shape index (κ3) is 3.47. The average molecular weight is 273 g/mol. The zero-order valence-electron chi connectivity index (χ0n) is 11.7. The van der Waals surface area contributed by atoms with E-state index < -0.39 is 5.97 Å². The van der Waals surface area contributed by atoms with E-state index in [1.807, 2.05) is 7.05 Å². The Morgan fingerprint density at radius 2 is 1.90 bits per heavy atom. The highest BCUT2D eigenvalue weighted by Gasteiger charge is 2.31. The first-order chi connectivity index (χ1) is 9.49. The van der Waals surface area contributed by atoms with Crippen LogP contribution in [-0.2, 0) is 4.79 Å². The molecule has 1 unspecified atom stereocenters. The molecule has 1 N–H and O–H groups in total. The van der Waals surface area contributed by atoms with Crippen LogP contribution in [0.5, 0.6) is 0 Å². The van der Waals surface area contributed by atoms with Gasteiger partial charge in [-0.3, -0.25) is 4.79 Å². The van der Waals surface area contributed by atoms with E-state index in [0.717, 1.165) is 5.56 Å². The summed E-state index contributed by atoms with van der Waals surface area (Å²) >= 11 is 0. The largest absolute Gasteiger partial charge is 0.478 e. The summed E-state index contributed by atoms with van der Waals surface area (Å²) in [6, 6.07) is 6.72. The fourth-order valence-corrected chi connectivity index (χ4v) is 2.12. The third-order valence-corrected chi connectivity index (χ3v) is 3.84. The topological polar surface area (TPSA) is 57.6 Å². The second-order valence-corrected chi connectivity index (χ2v) is 5.29. The molecule has 0 saturated heterocycles. The molecule has 0 radical (unpaired) electrons. The van der Waals surface area contributed by atoms with Gasteiger partial charge in [-0.2, -0.15) is 0 Å². The van der Waals surface area contributed by atoms with Gasteiger partial charge in [0, 0.05) is 19.2 Å². The standard InChI is InChI=1S/C16H19NO3/c1-11(13-8-9-13)17(2)15(18)10-5-12-3-6-14(7-4-12)16(19)20/h3-7,10-11,13H,8-9H2,1-2H3,(H,19,20)/b10-5+. The van der Waals surface area contributed by atoms with E-state index in [1.165, 1.54) is 31.1 Å². The molecule has 1 atom stereocenters. The molecule has 0 spiro atoms. The monoisotopic (exact) mass is 273 g/mol. The van der Waals surface area contributed by atoms with Gasteiger partial charge < -0.3 is 10.0 Å².